The van der Waals surface area contributed by atoms with Gasteiger partial charge in [0.2, 0.25) is 0 Å². The fourth-order valence-corrected chi connectivity index (χ4v) is 4.90. The van der Waals surface area contributed by atoms with E-state index in [9.17, 15) is 8.42 Å². The minimum absolute atomic E-state index is 0.104. The number of hydrogen-bond donors (Lipinski definition) is 0. The lowest BCUT2D eigenvalue weighted by atomic mass is 10.5. The molecular formula is C11H14O2S4. The average Bonchev–Trinajstić information content (AvgIpc) is 2.75. The van der Waals surface area contributed by atoms with Gasteiger partial charge in [0.25, 0.3) is 0 Å². The van der Waals surface area contributed by atoms with Gasteiger partial charge in [-0.05, 0) is 16.9 Å². The zero-order chi connectivity index (χ0) is 12.6. The maximum atomic E-state index is 11.7. The molecule has 17 heavy (non-hydrogen) atoms. The molecule has 0 saturated carbocycles. The number of thiophene rings is 1. The standard InChI is InChI=1S/C11H14O2S4/c1-2-6-15-16-8-4-9-17(12,13)10-11-5-3-7-14-11/h2-5,7-8H,1,6,9-10H2/b8-4+. The molecule has 1 rings (SSSR count). The van der Waals surface area contributed by atoms with Crippen LogP contribution in [0.1, 0.15) is 4.88 Å². The monoisotopic (exact) mass is 306 g/mol. The van der Waals surface area contributed by atoms with Crippen molar-refractivity contribution in [3.05, 3.63) is 46.5 Å². The van der Waals surface area contributed by atoms with Crippen LogP contribution < -0.4 is 0 Å². The normalized spacial score (nSPS) is 12.0. The third-order valence-electron chi connectivity index (χ3n) is 1.70. The quantitative estimate of drug-likeness (QED) is 0.416. The van der Waals surface area contributed by atoms with E-state index in [0.717, 1.165) is 10.6 Å². The first-order valence-corrected chi connectivity index (χ1v) is 9.99. The van der Waals surface area contributed by atoms with Gasteiger partial charge in [-0.25, -0.2) is 8.42 Å². The Balaban J connectivity index is 2.32. The van der Waals surface area contributed by atoms with Crippen molar-refractivity contribution in [2.24, 2.45) is 0 Å². The Hall–Kier alpha value is -0.170. The van der Waals surface area contributed by atoms with Crippen LogP contribution in [0.15, 0.2) is 41.7 Å². The lowest BCUT2D eigenvalue weighted by molar-refractivity contribution is 0.598. The van der Waals surface area contributed by atoms with Crippen molar-refractivity contribution >= 4 is 42.8 Å². The molecule has 6 heteroatoms. The second-order valence-corrected chi connectivity index (χ2v) is 8.63. The molecule has 0 amide bonds. The molecule has 0 N–H and O–H groups in total. The fraction of sp³-hybridized carbons (Fsp3) is 0.273. The predicted octanol–water partition coefficient (Wildman–Crippen LogP) is 3.74. The molecule has 0 spiro atoms. The molecule has 0 unspecified atom stereocenters. The highest BCUT2D eigenvalue weighted by Crippen LogP contribution is 2.22. The van der Waals surface area contributed by atoms with Crippen LogP contribution in [0.4, 0.5) is 0 Å². The van der Waals surface area contributed by atoms with E-state index in [4.69, 9.17) is 0 Å². The van der Waals surface area contributed by atoms with Gasteiger partial charge in [0, 0.05) is 10.6 Å². The molecule has 1 aromatic rings. The van der Waals surface area contributed by atoms with Crippen LogP contribution in [-0.4, -0.2) is 19.9 Å². The third kappa shape index (κ3) is 6.98. The van der Waals surface area contributed by atoms with Crippen molar-refractivity contribution in [2.45, 2.75) is 5.75 Å². The van der Waals surface area contributed by atoms with E-state index in [1.165, 1.54) is 22.1 Å². The Bertz CT molecular complexity index is 446. The maximum Gasteiger partial charge on any atom is 0.158 e. The Morgan fingerprint density at radius 1 is 1.47 bits per heavy atom. The zero-order valence-electron chi connectivity index (χ0n) is 9.24. The van der Waals surface area contributed by atoms with Gasteiger partial charge < -0.3 is 0 Å². The number of hydrogen-bond acceptors (Lipinski definition) is 5. The molecule has 0 radical (unpaired) electrons. The Kier molecular flexibility index (Phi) is 7.03. The van der Waals surface area contributed by atoms with Crippen LogP contribution in [0.2, 0.25) is 0 Å². The van der Waals surface area contributed by atoms with Crippen molar-refractivity contribution in [1.82, 2.24) is 0 Å². The SMILES string of the molecule is C=CCSS/C=C/CS(=O)(=O)Cc1cccs1. The van der Waals surface area contributed by atoms with Gasteiger partial charge in [0.1, 0.15) is 0 Å². The Morgan fingerprint density at radius 3 is 2.94 bits per heavy atom. The van der Waals surface area contributed by atoms with E-state index >= 15 is 0 Å². The molecule has 1 aromatic heterocycles. The molecule has 0 bridgehead atoms. The van der Waals surface area contributed by atoms with Crippen molar-refractivity contribution in [3.63, 3.8) is 0 Å². The third-order valence-corrected chi connectivity index (χ3v) is 6.17. The number of rotatable bonds is 8. The summed E-state index contributed by atoms with van der Waals surface area (Å²) in [5.41, 5.74) is 0. The molecule has 0 atom stereocenters. The predicted molar refractivity (Wildman–Crippen MR) is 81.2 cm³/mol. The highest BCUT2D eigenvalue weighted by Gasteiger charge is 2.10. The highest BCUT2D eigenvalue weighted by atomic mass is 33.1. The van der Waals surface area contributed by atoms with Crippen LogP contribution in [0, 0.1) is 0 Å². The summed E-state index contributed by atoms with van der Waals surface area (Å²) in [6, 6.07) is 3.72. The average molecular weight is 306 g/mol. The van der Waals surface area contributed by atoms with Crippen LogP contribution >= 0.6 is 32.9 Å². The van der Waals surface area contributed by atoms with Crippen molar-refractivity contribution in [2.75, 3.05) is 11.5 Å². The van der Waals surface area contributed by atoms with Gasteiger partial charge in [-0.3, -0.25) is 0 Å². The lowest BCUT2D eigenvalue weighted by Gasteiger charge is -1.98. The zero-order valence-corrected chi connectivity index (χ0v) is 12.5. The van der Waals surface area contributed by atoms with Gasteiger partial charge >= 0.3 is 0 Å². The largest absolute Gasteiger partial charge is 0.228 e. The van der Waals surface area contributed by atoms with Gasteiger partial charge in [-0.2, -0.15) is 0 Å². The summed E-state index contributed by atoms with van der Waals surface area (Å²) < 4.78 is 23.4. The van der Waals surface area contributed by atoms with Crippen LogP contribution in [0.3, 0.4) is 0 Å². The summed E-state index contributed by atoms with van der Waals surface area (Å²) in [6.45, 7) is 3.61. The summed E-state index contributed by atoms with van der Waals surface area (Å²) in [5, 5.41) is 3.71. The molecule has 2 nitrogen and oxygen atoms in total. The lowest BCUT2D eigenvalue weighted by Crippen LogP contribution is -2.06. The van der Waals surface area contributed by atoms with Gasteiger partial charge in [-0.15, -0.1) is 17.9 Å². The first-order valence-electron chi connectivity index (χ1n) is 4.91. The van der Waals surface area contributed by atoms with Crippen molar-refractivity contribution < 1.29 is 8.42 Å². The minimum Gasteiger partial charge on any atom is -0.228 e. The van der Waals surface area contributed by atoms with Crippen molar-refractivity contribution in [1.29, 1.82) is 0 Å². The second kappa shape index (κ2) is 8.02. The van der Waals surface area contributed by atoms with E-state index in [-0.39, 0.29) is 11.5 Å². The molecule has 0 fully saturated rings. The van der Waals surface area contributed by atoms with Gasteiger partial charge in [0.05, 0.1) is 11.5 Å². The second-order valence-electron chi connectivity index (χ2n) is 3.18. The molecule has 0 saturated heterocycles. The Morgan fingerprint density at radius 2 is 2.29 bits per heavy atom. The smallest absolute Gasteiger partial charge is 0.158 e. The molecule has 1 heterocycles. The molecule has 0 aliphatic heterocycles. The van der Waals surface area contributed by atoms with Gasteiger partial charge in [0.15, 0.2) is 9.84 Å². The van der Waals surface area contributed by atoms with Crippen LogP contribution in [0.5, 0.6) is 0 Å². The van der Waals surface area contributed by atoms with Crippen LogP contribution in [-0.2, 0) is 15.6 Å². The summed E-state index contributed by atoms with van der Waals surface area (Å²) in [7, 11) is 0.141. The van der Waals surface area contributed by atoms with E-state index in [0.29, 0.717) is 0 Å². The minimum atomic E-state index is -3.02. The van der Waals surface area contributed by atoms with Crippen molar-refractivity contribution in [3.8, 4) is 0 Å². The summed E-state index contributed by atoms with van der Waals surface area (Å²) >= 11 is 1.48. The van der Waals surface area contributed by atoms with E-state index in [1.807, 2.05) is 29.0 Å². The maximum absolute atomic E-state index is 11.7. The topological polar surface area (TPSA) is 34.1 Å². The first kappa shape index (κ1) is 14.9. The molecule has 0 aromatic carbocycles. The summed E-state index contributed by atoms with van der Waals surface area (Å²) in [6.07, 6.45) is 3.52. The first-order chi connectivity index (χ1) is 8.14. The molecule has 94 valence electrons. The van der Waals surface area contributed by atoms with Crippen LogP contribution in [0.25, 0.3) is 0 Å². The van der Waals surface area contributed by atoms with E-state index in [2.05, 4.69) is 6.58 Å². The summed E-state index contributed by atoms with van der Waals surface area (Å²) in [5.74, 6) is 1.10. The summed E-state index contributed by atoms with van der Waals surface area (Å²) in [4.78, 5) is 0.895. The fourth-order valence-electron chi connectivity index (χ4n) is 1.02. The van der Waals surface area contributed by atoms with E-state index in [1.54, 1.807) is 16.9 Å². The number of sulfone groups is 1. The van der Waals surface area contributed by atoms with E-state index < -0.39 is 9.84 Å². The van der Waals surface area contributed by atoms with Gasteiger partial charge in [-0.1, -0.05) is 39.8 Å². The molecule has 0 aliphatic rings. The highest BCUT2D eigenvalue weighted by molar-refractivity contribution is 8.77. The molecule has 0 aliphatic carbocycles. The molecular weight excluding hydrogens is 292 g/mol. The Labute approximate surface area is 115 Å².